The minimum atomic E-state index is -0.637. The molecule has 0 aromatic heterocycles. The summed E-state index contributed by atoms with van der Waals surface area (Å²) in [6.07, 6.45) is 0.802. The Morgan fingerprint density at radius 2 is 1.92 bits per heavy atom. The first-order chi connectivity index (χ1) is 12.1. The number of hydrogen-bond acceptors (Lipinski definition) is 6. The minimum Gasteiger partial charge on any atom is -0.464 e. The van der Waals surface area contributed by atoms with Gasteiger partial charge in [0.1, 0.15) is 11.6 Å². The van der Waals surface area contributed by atoms with Crippen molar-refractivity contribution in [2.24, 2.45) is 5.41 Å². The molecule has 2 aliphatic rings. The van der Waals surface area contributed by atoms with Gasteiger partial charge in [-0.05, 0) is 40.5 Å². The molecule has 2 amide bonds. The fraction of sp³-hybridized carbons (Fsp3) is 0.833. The fourth-order valence-corrected chi connectivity index (χ4v) is 3.43. The summed E-state index contributed by atoms with van der Waals surface area (Å²) in [6, 6.07) is -0.713. The minimum absolute atomic E-state index is 0.0764. The molecule has 2 rings (SSSR count). The van der Waals surface area contributed by atoms with Crippen molar-refractivity contribution >= 4 is 18.0 Å². The van der Waals surface area contributed by atoms with Crippen LogP contribution in [0.15, 0.2) is 0 Å². The van der Waals surface area contributed by atoms with E-state index < -0.39 is 23.7 Å². The number of likely N-dealkylation sites (tertiary alicyclic amines) is 1. The van der Waals surface area contributed by atoms with Crippen LogP contribution in [0.3, 0.4) is 0 Å². The zero-order chi connectivity index (χ0) is 19.5. The van der Waals surface area contributed by atoms with Crippen LogP contribution in [0, 0.1) is 5.41 Å². The summed E-state index contributed by atoms with van der Waals surface area (Å²) < 4.78 is 16.3. The lowest BCUT2D eigenvalue weighted by Gasteiger charge is -2.29. The van der Waals surface area contributed by atoms with E-state index in [9.17, 15) is 14.4 Å². The van der Waals surface area contributed by atoms with Crippen molar-refractivity contribution in [1.29, 1.82) is 0 Å². The number of piperidine rings is 1. The summed E-state index contributed by atoms with van der Waals surface area (Å²) in [5.41, 5.74) is -0.865. The third kappa shape index (κ3) is 4.87. The summed E-state index contributed by atoms with van der Waals surface area (Å²) in [5.74, 6) is -0.501. The van der Waals surface area contributed by atoms with Crippen LogP contribution in [0.1, 0.15) is 47.5 Å². The predicted octanol–water partition coefficient (Wildman–Crippen LogP) is 1.47. The number of amides is 2. The van der Waals surface area contributed by atoms with Gasteiger partial charge in [-0.3, -0.25) is 9.69 Å². The molecule has 1 saturated carbocycles. The first-order valence-corrected chi connectivity index (χ1v) is 9.10. The van der Waals surface area contributed by atoms with E-state index in [4.69, 9.17) is 14.2 Å². The molecule has 0 bridgehead atoms. The zero-order valence-corrected chi connectivity index (χ0v) is 16.3. The molecular weight excluding hydrogens is 340 g/mol. The van der Waals surface area contributed by atoms with Gasteiger partial charge in [-0.15, -0.1) is 0 Å². The van der Waals surface area contributed by atoms with Crippen LogP contribution in [0.5, 0.6) is 0 Å². The molecule has 0 spiro atoms. The highest BCUT2D eigenvalue weighted by atomic mass is 16.6. The van der Waals surface area contributed by atoms with E-state index in [0.717, 1.165) is 6.42 Å². The lowest BCUT2D eigenvalue weighted by molar-refractivity contribution is -0.149. The van der Waals surface area contributed by atoms with Crippen LogP contribution in [0.25, 0.3) is 0 Å². The summed E-state index contributed by atoms with van der Waals surface area (Å²) in [6.45, 7) is 10.1. The van der Waals surface area contributed by atoms with E-state index >= 15 is 0 Å². The maximum absolute atomic E-state index is 12.6. The Labute approximate surface area is 154 Å². The van der Waals surface area contributed by atoms with E-state index in [1.54, 1.807) is 27.7 Å². The molecular formula is C18H30N2O6. The molecule has 8 nitrogen and oxygen atoms in total. The number of fused-ring (bicyclic) bond motifs is 1. The van der Waals surface area contributed by atoms with Gasteiger partial charge in [0.2, 0.25) is 5.91 Å². The predicted molar refractivity (Wildman–Crippen MR) is 93.5 cm³/mol. The average molecular weight is 370 g/mol. The molecule has 148 valence electrons. The smallest absolute Gasteiger partial charge is 0.411 e. The van der Waals surface area contributed by atoms with Gasteiger partial charge in [-0.2, -0.15) is 0 Å². The molecule has 1 N–H and O–H groups in total. The van der Waals surface area contributed by atoms with Crippen LogP contribution in [-0.2, 0) is 23.8 Å². The second kappa shape index (κ2) is 7.82. The molecule has 0 aromatic rings. The van der Waals surface area contributed by atoms with Crippen molar-refractivity contribution < 1.29 is 28.6 Å². The Morgan fingerprint density at radius 1 is 1.23 bits per heavy atom. The first kappa shape index (κ1) is 20.5. The molecule has 3 atom stereocenters. The molecule has 1 saturated heterocycles. The summed E-state index contributed by atoms with van der Waals surface area (Å²) in [5, 5.41) is 2.67. The van der Waals surface area contributed by atoms with Crippen LogP contribution in [0.2, 0.25) is 0 Å². The third-order valence-corrected chi connectivity index (χ3v) is 4.59. The van der Waals surface area contributed by atoms with Gasteiger partial charge in [0.15, 0.2) is 0 Å². The van der Waals surface area contributed by atoms with Gasteiger partial charge >= 0.3 is 12.1 Å². The number of ether oxygens (including phenoxy) is 3. The van der Waals surface area contributed by atoms with E-state index in [1.807, 2.05) is 0 Å². The molecule has 26 heavy (non-hydrogen) atoms. The number of nitrogens with one attached hydrogen (secondary N) is 1. The normalized spacial score (nSPS) is 26.9. The van der Waals surface area contributed by atoms with Crippen molar-refractivity contribution in [2.75, 3.05) is 26.4 Å². The highest BCUT2D eigenvalue weighted by Gasteiger charge is 2.68. The monoisotopic (exact) mass is 370 g/mol. The number of esters is 1. The standard InChI is InChI=1S/C18H30N2O6/c1-6-25-15(22)13-9-18(11-24-8-7-19-12(2)21)10-14(18)20(13)16(23)26-17(3,4)5/h13-14H,6-11H2,1-5H3,(H,19,21)/t13-,14-,18+/m0/s1. The highest BCUT2D eigenvalue weighted by Crippen LogP contribution is 2.60. The molecule has 0 aromatic carbocycles. The van der Waals surface area contributed by atoms with Gasteiger partial charge in [0.05, 0.1) is 19.8 Å². The van der Waals surface area contributed by atoms with Gasteiger partial charge in [-0.1, -0.05) is 0 Å². The summed E-state index contributed by atoms with van der Waals surface area (Å²) in [4.78, 5) is 37.3. The second-order valence-electron chi connectivity index (χ2n) is 7.98. The Kier molecular flexibility index (Phi) is 6.16. The molecule has 0 radical (unpaired) electrons. The Balaban J connectivity index is 1.99. The van der Waals surface area contributed by atoms with Gasteiger partial charge in [-0.25, -0.2) is 9.59 Å². The Morgan fingerprint density at radius 3 is 2.50 bits per heavy atom. The van der Waals surface area contributed by atoms with Gasteiger partial charge in [0, 0.05) is 24.9 Å². The van der Waals surface area contributed by atoms with Crippen LogP contribution < -0.4 is 5.32 Å². The van der Waals surface area contributed by atoms with E-state index in [-0.39, 0.29) is 24.0 Å². The number of hydrogen-bond donors (Lipinski definition) is 1. The van der Waals surface area contributed by atoms with E-state index in [2.05, 4.69) is 5.32 Å². The van der Waals surface area contributed by atoms with Crippen molar-refractivity contribution in [3.8, 4) is 0 Å². The molecule has 1 aliphatic carbocycles. The average Bonchev–Trinajstić information content (AvgIpc) is 3.09. The van der Waals surface area contributed by atoms with Crippen molar-refractivity contribution in [1.82, 2.24) is 10.2 Å². The summed E-state index contributed by atoms with van der Waals surface area (Å²) in [7, 11) is 0. The second-order valence-corrected chi connectivity index (χ2v) is 7.98. The van der Waals surface area contributed by atoms with Crippen LogP contribution >= 0.6 is 0 Å². The quantitative estimate of drug-likeness (QED) is 0.539. The van der Waals surface area contributed by atoms with Crippen molar-refractivity contribution in [3.05, 3.63) is 0 Å². The molecule has 0 unspecified atom stereocenters. The topological polar surface area (TPSA) is 94.2 Å². The Hall–Kier alpha value is -1.83. The van der Waals surface area contributed by atoms with E-state index in [0.29, 0.717) is 26.2 Å². The van der Waals surface area contributed by atoms with Gasteiger partial charge in [0.25, 0.3) is 0 Å². The van der Waals surface area contributed by atoms with Crippen LogP contribution in [-0.4, -0.2) is 66.9 Å². The number of rotatable bonds is 7. The van der Waals surface area contributed by atoms with Crippen LogP contribution in [0.4, 0.5) is 4.79 Å². The van der Waals surface area contributed by atoms with Crippen molar-refractivity contribution in [3.63, 3.8) is 0 Å². The fourth-order valence-electron chi connectivity index (χ4n) is 3.43. The van der Waals surface area contributed by atoms with Gasteiger partial charge < -0.3 is 19.5 Å². The van der Waals surface area contributed by atoms with E-state index in [1.165, 1.54) is 11.8 Å². The lowest BCUT2D eigenvalue weighted by Crippen LogP contribution is -2.46. The number of carbonyl (C=O) groups excluding carboxylic acids is 3. The number of carbonyl (C=O) groups is 3. The maximum Gasteiger partial charge on any atom is 0.411 e. The largest absolute Gasteiger partial charge is 0.464 e. The third-order valence-electron chi connectivity index (χ3n) is 4.59. The molecule has 1 heterocycles. The molecule has 1 aliphatic heterocycles. The Bertz CT molecular complexity index is 558. The maximum atomic E-state index is 12.6. The molecule has 8 heteroatoms. The number of nitrogens with zero attached hydrogens (tertiary/aromatic N) is 1. The zero-order valence-electron chi connectivity index (χ0n) is 16.3. The first-order valence-electron chi connectivity index (χ1n) is 9.10. The SMILES string of the molecule is CCOC(=O)[C@@H]1C[C@]2(COCCNC(C)=O)C[C@@H]2N1C(=O)OC(C)(C)C. The molecule has 2 fully saturated rings. The van der Waals surface area contributed by atoms with Crippen molar-refractivity contribution in [2.45, 2.75) is 65.1 Å². The lowest BCUT2D eigenvalue weighted by atomic mass is 10.0. The summed E-state index contributed by atoms with van der Waals surface area (Å²) >= 11 is 0. The highest BCUT2D eigenvalue weighted by molar-refractivity contribution is 5.83.